The summed E-state index contributed by atoms with van der Waals surface area (Å²) in [6.45, 7) is 11.5. The first kappa shape index (κ1) is 26.7. The van der Waals surface area contributed by atoms with Gasteiger partial charge in [0.15, 0.2) is 0 Å². The Balaban J connectivity index is 1.23. The number of nitrogens with zero attached hydrogens (tertiary/aromatic N) is 3. The molecular formula is C30H37ClN4O3. The average Bonchev–Trinajstić information content (AvgIpc) is 3.06. The molecule has 7 nitrogen and oxygen atoms in total. The Morgan fingerprint density at radius 1 is 1.08 bits per heavy atom. The summed E-state index contributed by atoms with van der Waals surface area (Å²) in [5.41, 5.74) is 2.42. The molecule has 0 saturated carbocycles. The second kappa shape index (κ2) is 11.9. The number of hydrogen-bond donors (Lipinski definition) is 1. The average molecular weight is 537 g/mol. The molecule has 2 amide bonds. The quantitative estimate of drug-likeness (QED) is 0.587. The first-order valence-corrected chi connectivity index (χ1v) is 14.0. The lowest BCUT2D eigenvalue weighted by Gasteiger charge is -2.42. The number of rotatable bonds is 7. The highest BCUT2D eigenvalue weighted by Gasteiger charge is 2.33. The fourth-order valence-corrected chi connectivity index (χ4v) is 5.60. The third-order valence-electron chi connectivity index (χ3n) is 7.96. The third-order valence-corrected chi connectivity index (χ3v) is 8.21. The van der Waals surface area contributed by atoms with Crippen LogP contribution < -0.4 is 15.8 Å². The number of carbonyl (C=O) groups is 2. The van der Waals surface area contributed by atoms with Crippen LogP contribution in [0.15, 0.2) is 36.4 Å². The van der Waals surface area contributed by atoms with Crippen molar-refractivity contribution >= 4 is 35.7 Å². The molecule has 0 aromatic heterocycles. The zero-order chi connectivity index (χ0) is 26.6. The minimum atomic E-state index is -0.0221. The van der Waals surface area contributed by atoms with E-state index >= 15 is 0 Å². The molecule has 0 bridgehead atoms. The van der Waals surface area contributed by atoms with Gasteiger partial charge in [0.25, 0.3) is 11.8 Å². The number of benzene rings is 2. The maximum atomic E-state index is 13.1. The second-order valence-corrected chi connectivity index (χ2v) is 11.1. The lowest BCUT2D eigenvalue weighted by molar-refractivity contribution is 0.0383. The summed E-state index contributed by atoms with van der Waals surface area (Å²) >= 11 is 5.96. The van der Waals surface area contributed by atoms with Gasteiger partial charge in [-0.1, -0.05) is 23.7 Å². The van der Waals surface area contributed by atoms with Gasteiger partial charge in [-0.05, 0) is 61.4 Å². The number of halogens is 1. The largest absolute Gasteiger partial charge is 0.379 e. The molecule has 2 aromatic rings. The fraction of sp³-hybridized carbons (Fsp3) is 0.467. The van der Waals surface area contributed by atoms with Crippen LogP contribution in [-0.4, -0.2) is 91.6 Å². The molecule has 1 N–H and O–H groups in total. The first-order valence-electron chi connectivity index (χ1n) is 13.6. The molecule has 0 radical (unpaired) electrons. The van der Waals surface area contributed by atoms with E-state index in [2.05, 4.69) is 40.4 Å². The van der Waals surface area contributed by atoms with Crippen molar-refractivity contribution in [1.29, 1.82) is 0 Å². The molecule has 38 heavy (non-hydrogen) atoms. The number of hydrogen-bond acceptors (Lipinski definition) is 5. The Morgan fingerprint density at radius 2 is 1.82 bits per heavy atom. The van der Waals surface area contributed by atoms with Crippen molar-refractivity contribution in [2.24, 2.45) is 5.92 Å². The number of likely N-dealkylation sites (tertiary alicyclic amines) is 1. The van der Waals surface area contributed by atoms with E-state index in [0.717, 1.165) is 75.2 Å². The van der Waals surface area contributed by atoms with Crippen molar-refractivity contribution in [3.63, 3.8) is 0 Å². The van der Waals surface area contributed by atoms with Crippen LogP contribution in [0.1, 0.15) is 39.6 Å². The number of carbonyl (C=O) groups excluding carboxylic acids is 2. The van der Waals surface area contributed by atoms with E-state index in [-0.39, 0.29) is 11.8 Å². The Kier molecular flexibility index (Phi) is 8.36. The number of nitrogens with one attached hydrogen (secondary N) is 1. The SMILES string of the molecule is Cc1c(C(=O)NCCN2CCOCC2)ccc2c1=CN(CC1CN(C(=O)c3ccc(Cl)cc3)C1)C(C)CC=2. The van der Waals surface area contributed by atoms with Gasteiger partial charge in [-0.15, -0.1) is 0 Å². The van der Waals surface area contributed by atoms with Gasteiger partial charge in [0.2, 0.25) is 0 Å². The maximum absolute atomic E-state index is 13.1. The van der Waals surface area contributed by atoms with Crippen molar-refractivity contribution in [1.82, 2.24) is 20.0 Å². The third kappa shape index (κ3) is 6.06. The topological polar surface area (TPSA) is 65.1 Å². The highest BCUT2D eigenvalue weighted by atomic mass is 35.5. The van der Waals surface area contributed by atoms with Crippen LogP contribution in [-0.2, 0) is 4.74 Å². The molecule has 0 spiro atoms. The van der Waals surface area contributed by atoms with Gasteiger partial charge in [-0.3, -0.25) is 14.5 Å². The standard InChI is InChI=1S/C30H37ClN4O3/c1-21-3-4-24-7-10-27(29(36)32-11-12-33-13-15-38-16-14-33)22(2)28(24)20-34(21)17-23-18-35(19-23)30(37)25-5-8-26(31)9-6-25/h4-10,20-21,23H,3,11-19H2,1-2H3,(H,32,36). The van der Waals surface area contributed by atoms with Crippen molar-refractivity contribution in [2.75, 3.05) is 59.0 Å². The van der Waals surface area contributed by atoms with Crippen LogP contribution in [0.25, 0.3) is 12.3 Å². The highest BCUT2D eigenvalue weighted by molar-refractivity contribution is 6.30. The van der Waals surface area contributed by atoms with Gasteiger partial charge < -0.3 is 19.9 Å². The predicted molar refractivity (Wildman–Crippen MR) is 151 cm³/mol. The monoisotopic (exact) mass is 536 g/mol. The Bertz CT molecular complexity index is 1280. The molecule has 0 aliphatic carbocycles. The Hall–Kier alpha value is -2.87. The zero-order valence-corrected chi connectivity index (χ0v) is 23.0. The van der Waals surface area contributed by atoms with Crippen LogP contribution in [0.2, 0.25) is 5.02 Å². The molecule has 3 aliphatic rings. The first-order chi connectivity index (χ1) is 18.4. The van der Waals surface area contributed by atoms with Gasteiger partial charge in [-0.25, -0.2) is 0 Å². The molecule has 2 aromatic carbocycles. The summed E-state index contributed by atoms with van der Waals surface area (Å²) in [4.78, 5) is 32.5. The molecule has 1 atom stereocenters. The van der Waals surface area contributed by atoms with E-state index in [1.807, 2.05) is 17.9 Å². The fourth-order valence-electron chi connectivity index (χ4n) is 5.48. The van der Waals surface area contributed by atoms with Crippen LogP contribution in [0.3, 0.4) is 0 Å². The van der Waals surface area contributed by atoms with Crippen LogP contribution in [0.5, 0.6) is 0 Å². The van der Waals surface area contributed by atoms with E-state index in [4.69, 9.17) is 16.3 Å². The summed E-state index contributed by atoms with van der Waals surface area (Å²) < 4.78 is 5.40. The van der Waals surface area contributed by atoms with Crippen molar-refractivity contribution in [3.8, 4) is 0 Å². The summed E-state index contributed by atoms with van der Waals surface area (Å²) in [5, 5.41) is 6.03. The van der Waals surface area contributed by atoms with Crippen molar-refractivity contribution < 1.29 is 14.3 Å². The normalized spacial score (nSPS) is 20.0. The van der Waals surface area contributed by atoms with Crippen molar-refractivity contribution in [2.45, 2.75) is 26.3 Å². The Morgan fingerprint density at radius 3 is 2.55 bits per heavy atom. The van der Waals surface area contributed by atoms with Crippen LogP contribution in [0, 0.1) is 12.8 Å². The predicted octanol–water partition coefficient (Wildman–Crippen LogP) is 2.10. The molecule has 202 valence electrons. The molecule has 2 saturated heterocycles. The minimum Gasteiger partial charge on any atom is -0.379 e. The van der Waals surface area contributed by atoms with Gasteiger partial charge in [0.05, 0.1) is 13.2 Å². The summed E-state index contributed by atoms with van der Waals surface area (Å²) in [5.74, 6) is 0.453. The van der Waals surface area contributed by atoms with Gasteiger partial charge in [-0.2, -0.15) is 0 Å². The molecule has 3 aliphatic heterocycles. The molecular weight excluding hydrogens is 500 g/mol. The summed E-state index contributed by atoms with van der Waals surface area (Å²) in [6.07, 6.45) is 5.45. The lowest BCUT2D eigenvalue weighted by Crippen LogP contribution is -2.54. The van der Waals surface area contributed by atoms with E-state index < -0.39 is 0 Å². The lowest BCUT2D eigenvalue weighted by atomic mass is 9.97. The van der Waals surface area contributed by atoms with Gasteiger partial charge >= 0.3 is 0 Å². The van der Waals surface area contributed by atoms with Gasteiger partial charge in [0.1, 0.15) is 0 Å². The van der Waals surface area contributed by atoms with E-state index in [1.54, 1.807) is 24.3 Å². The number of morpholine rings is 1. The highest BCUT2D eigenvalue weighted by Crippen LogP contribution is 2.22. The molecule has 3 heterocycles. The van der Waals surface area contributed by atoms with Crippen LogP contribution in [0.4, 0.5) is 0 Å². The van der Waals surface area contributed by atoms with E-state index in [9.17, 15) is 9.59 Å². The number of fused-ring (bicyclic) bond motifs is 1. The number of ether oxygens (including phenoxy) is 1. The molecule has 1 unspecified atom stereocenters. The minimum absolute atomic E-state index is 0.0221. The maximum Gasteiger partial charge on any atom is 0.253 e. The van der Waals surface area contributed by atoms with E-state index in [0.29, 0.717) is 29.1 Å². The van der Waals surface area contributed by atoms with E-state index in [1.165, 1.54) is 5.22 Å². The van der Waals surface area contributed by atoms with Gasteiger partial charge in [0, 0.05) is 85.3 Å². The second-order valence-electron chi connectivity index (χ2n) is 10.6. The zero-order valence-electron chi connectivity index (χ0n) is 22.3. The summed E-state index contributed by atoms with van der Waals surface area (Å²) in [7, 11) is 0. The van der Waals surface area contributed by atoms with Crippen molar-refractivity contribution in [3.05, 3.63) is 68.5 Å². The molecule has 2 fully saturated rings. The Labute approximate surface area is 229 Å². The molecule has 5 rings (SSSR count). The number of amides is 2. The molecule has 8 heteroatoms. The smallest absolute Gasteiger partial charge is 0.253 e. The van der Waals surface area contributed by atoms with Crippen LogP contribution >= 0.6 is 11.6 Å². The summed E-state index contributed by atoms with van der Waals surface area (Å²) in [6, 6.07) is 11.5.